The van der Waals surface area contributed by atoms with Crippen molar-refractivity contribution in [2.24, 2.45) is 0 Å². The second kappa shape index (κ2) is 8.71. The fourth-order valence-corrected chi connectivity index (χ4v) is 3.81. The number of nitrogens with zero attached hydrogens (tertiary/aromatic N) is 3. The Labute approximate surface area is 177 Å². The summed E-state index contributed by atoms with van der Waals surface area (Å²) in [5.41, 5.74) is 6.48. The third-order valence-corrected chi connectivity index (χ3v) is 5.81. The molecular formula is C24H29N5O. The van der Waals surface area contributed by atoms with Gasteiger partial charge >= 0.3 is 0 Å². The predicted octanol–water partition coefficient (Wildman–Crippen LogP) is 4.09. The number of rotatable bonds is 5. The summed E-state index contributed by atoms with van der Waals surface area (Å²) < 4.78 is 0. The highest BCUT2D eigenvalue weighted by atomic mass is 16.1. The van der Waals surface area contributed by atoms with Crippen molar-refractivity contribution in [2.75, 3.05) is 42.9 Å². The molecule has 0 unspecified atom stereocenters. The normalized spacial score (nSPS) is 14.7. The molecule has 1 aliphatic rings. The van der Waals surface area contributed by atoms with Crippen LogP contribution in [0.4, 0.5) is 11.4 Å². The van der Waals surface area contributed by atoms with E-state index in [1.807, 2.05) is 44.2 Å². The molecule has 156 valence electrons. The first-order valence-electron chi connectivity index (χ1n) is 10.5. The van der Waals surface area contributed by atoms with Gasteiger partial charge in [-0.3, -0.25) is 9.89 Å². The summed E-state index contributed by atoms with van der Waals surface area (Å²) in [6.07, 6.45) is 0. The van der Waals surface area contributed by atoms with E-state index in [1.165, 1.54) is 11.3 Å². The molecule has 1 amide bonds. The SMILES string of the molecule is CCN1CCN(c2ccc(NC(=O)c3cc(-c4ccc(C)cc4)n[nH]3)c(C)c2)CC1. The highest BCUT2D eigenvalue weighted by Crippen LogP contribution is 2.25. The topological polar surface area (TPSA) is 64.3 Å². The highest BCUT2D eigenvalue weighted by Gasteiger charge is 2.17. The molecule has 0 saturated carbocycles. The maximum atomic E-state index is 12.7. The minimum Gasteiger partial charge on any atom is -0.369 e. The Morgan fingerprint density at radius 1 is 1.03 bits per heavy atom. The van der Waals surface area contributed by atoms with Crippen LogP contribution in [0.2, 0.25) is 0 Å². The lowest BCUT2D eigenvalue weighted by molar-refractivity contribution is 0.102. The van der Waals surface area contributed by atoms with E-state index < -0.39 is 0 Å². The number of amides is 1. The number of hydrogen-bond donors (Lipinski definition) is 2. The van der Waals surface area contributed by atoms with Gasteiger partial charge in [-0.1, -0.05) is 36.8 Å². The van der Waals surface area contributed by atoms with Crippen molar-refractivity contribution < 1.29 is 4.79 Å². The molecule has 30 heavy (non-hydrogen) atoms. The van der Waals surface area contributed by atoms with Gasteiger partial charge in [0.2, 0.25) is 0 Å². The minimum atomic E-state index is -0.187. The lowest BCUT2D eigenvalue weighted by Crippen LogP contribution is -2.46. The summed E-state index contributed by atoms with van der Waals surface area (Å²) in [7, 11) is 0. The predicted molar refractivity (Wildman–Crippen MR) is 122 cm³/mol. The monoisotopic (exact) mass is 403 g/mol. The van der Waals surface area contributed by atoms with Gasteiger partial charge in [0.25, 0.3) is 5.91 Å². The van der Waals surface area contributed by atoms with Crippen molar-refractivity contribution in [3.63, 3.8) is 0 Å². The number of piperazine rings is 1. The van der Waals surface area contributed by atoms with Crippen LogP contribution < -0.4 is 10.2 Å². The quantitative estimate of drug-likeness (QED) is 0.674. The number of H-pyrrole nitrogens is 1. The second-order valence-corrected chi connectivity index (χ2v) is 7.91. The van der Waals surface area contributed by atoms with Gasteiger partial charge in [0.1, 0.15) is 5.69 Å². The first-order valence-corrected chi connectivity index (χ1v) is 10.5. The van der Waals surface area contributed by atoms with Gasteiger partial charge in [0, 0.05) is 43.1 Å². The number of nitrogens with one attached hydrogen (secondary N) is 2. The van der Waals surface area contributed by atoms with Crippen molar-refractivity contribution in [3.05, 3.63) is 65.4 Å². The van der Waals surface area contributed by atoms with Gasteiger partial charge in [0.15, 0.2) is 0 Å². The molecule has 4 rings (SSSR count). The fraction of sp³-hybridized carbons (Fsp3) is 0.333. The van der Waals surface area contributed by atoms with Crippen LogP contribution >= 0.6 is 0 Å². The summed E-state index contributed by atoms with van der Waals surface area (Å²) in [5, 5.41) is 10.2. The van der Waals surface area contributed by atoms with E-state index in [0.717, 1.165) is 55.2 Å². The number of hydrogen-bond acceptors (Lipinski definition) is 4. The maximum absolute atomic E-state index is 12.7. The molecule has 0 atom stereocenters. The molecule has 6 nitrogen and oxygen atoms in total. The fourth-order valence-electron chi connectivity index (χ4n) is 3.81. The molecule has 2 aromatic carbocycles. The summed E-state index contributed by atoms with van der Waals surface area (Å²) >= 11 is 0. The third kappa shape index (κ3) is 4.39. The van der Waals surface area contributed by atoms with Gasteiger partial charge in [-0.05, 0) is 50.2 Å². The summed E-state index contributed by atoms with van der Waals surface area (Å²) in [5.74, 6) is -0.187. The minimum absolute atomic E-state index is 0.187. The van der Waals surface area contributed by atoms with Gasteiger partial charge in [0.05, 0.1) is 5.69 Å². The van der Waals surface area contributed by atoms with Crippen LogP contribution in [0.5, 0.6) is 0 Å². The van der Waals surface area contributed by atoms with Gasteiger partial charge in [-0.15, -0.1) is 0 Å². The van der Waals surface area contributed by atoms with E-state index in [9.17, 15) is 4.79 Å². The van der Waals surface area contributed by atoms with Crippen LogP contribution in [0.1, 0.15) is 28.5 Å². The van der Waals surface area contributed by atoms with Gasteiger partial charge in [-0.2, -0.15) is 5.10 Å². The van der Waals surface area contributed by atoms with E-state index in [4.69, 9.17) is 0 Å². The maximum Gasteiger partial charge on any atom is 0.273 e. The zero-order valence-electron chi connectivity index (χ0n) is 17.9. The van der Waals surface area contributed by atoms with Gasteiger partial charge < -0.3 is 15.1 Å². The van der Waals surface area contributed by atoms with E-state index >= 15 is 0 Å². The zero-order chi connectivity index (χ0) is 21.1. The Hall–Kier alpha value is -3.12. The molecule has 1 saturated heterocycles. The lowest BCUT2D eigenvalue weighted by Gasteiger charge is -2.35. The van der Waals surface area contributed by atoms with E-state index in [-0.39, 0.29) is 5.91 Å². The Morgan fingerprint density at radius 3 is 2.43 bits per heavy atom. The molecule has 1 aromatic heterocycles. The molecule has 0 aliphatic carbocycles. The van der Waals surface area contributed by atoms with Crippen LogP contribution in [0.15, 0.2) is 48.5 Å². The molecule has 6 heteroatoms. The number of likely N-dealkylation sites (N-methyl/N-ethyl adjacent to an activating group) is 1. The lowest BCUT2D eigenvalue weighted by atomic mass is 10.1. The number of benzene rings is 2. The van der Waals surface area contributed by atoms with Crippen molar-refractivity contribution in [2.45, 2.75) is 20.8 Å². The van der Waals surface area contributed by atoms with Crippen LogP contribution in [-0.2, 0) is 0 Å². The molecule has 3 aromatic rings. The number of aryl methyl sites for hydroxylation is 2. The van der Waals surface area contributed by atoms with Crippen LogP contribution in [0, 0.1) is 13.8 Å². The van der Waals surface area contributed by atoms with Crippen LogP contribution in [0.25, 0.3) is 11.3 Å². The van der Waals surface area contributed by atoms with E-state index in [0.29, 0.717) is 5.69 Å². The Bertz CT molecular complexity index is 1020. The summed E-state index contributed by atoms with van der Waals surface area (Å²) in [6, 6.07) is 16.1. The van der Waals surface area contributed by atoms with Crippen molar-refractivity contribution >= 4 is 17.3 Å². The molecule has 0 bridgehead atoms. The smallest absolute Gasteiger partial charge is 0.273 e. The van der Waals surface area contributed by atoms with Crippen molar-refractivity contribution in [1.29, 1.82) is 0 Å². The highest BCUT2D eigenvalue weighted by molar-refractivity contribution is 6.04. The standard InChI is InChI=1S/C24H29N5O/c1-4-28-11-13-29(14-12-28)20-9-10-21(18(3)15-20)25-24(30)23-16-22(26-27-23)19-7-5-17(2)6-8-19/h5-10,15-16H,4,11-14H2,1-3H3,(H,25,30)(H,26,27). The van der Waals surface area contributed by atoms with E-state index in [1.54, 1.807) is 6.07 Å². The Kier molecular flexibility index (Phi) is 5.86. The summed E-state index contributed by atoms with van der Waals surface area (Å²) in [4.78, 5) is 17.6. The Balaban J connectivity index is 1.43. The third-order valence-electron chi connectivity index (χ3n) is 5.81. The molecule has 2 heterocycles. The number of aromatic amines is 1. The average Bonchev–Trinajstić information content (AvgIpc) is 3.26. The number of carbonyl (C=O) groups excluding carboxylic acids is 1. The van der Waals surface area contributed by atoms with Crippen molar-refractivity contribution in [1.82, 2.24) is 15.1 Å². The van der Waals surface area contributed by atoms with Crippen LogP contribution in [-0.4, -0.2) is 53.7 Å². The van der Waals surface area contributed by atoms with Crippen LogP contribution in [0.3, 0.4) is 0 Å². The first kappa shape index (κ1) is 20.2. The van der Waals surface area contributed by atoms with Crippen molar-refractivity contribution in [3.8, 4) is 11.3 Å². The molecule has 2 N–H and O–H groups in total. The molecule has 1 fully saturated rings. The second-order valence-electron chi connectivity index (χ2n) is 7.91. The molecule has 0 spiro atoms. The molecular weight excluding hydrogens is 374 g/mol. The summed E-state index contributed by atoms with van der Waals surface area (Å²) in [6.45, 7) is 11.7. The Morgan fingerprint density at radius 2 is 1.77 bits per heavy atom. The zero-order valence-corrected chi connectivity index (χ0v) is 17.9. The number of carbonyl (C=O) groups is 1. The largest absolute Gasteiger partial charge is 0.369 e. The first-order chi connectivity index (χ1) is 14.5. The number of aromatic nitrogens is 2. The average molecular weight is 404 g/mol. The molecule has 0 radical (unpaired) electrons. The molecule has 1 aliphatic heterocycles. The number of anilines is 2. The van der Waals surface area contributed by atoms with Gasteiger partial charge in [-0.25, -0.2) is 0 Å². The van der Waals surface area contributed by atoms with E-state index in [2.05, 4.69) is 44.4 Å².